The molecule has 0 radical (unpaired) electrons. The van der Waals surface area contributed by atoms with Gasteiger partial charge in [-0.25, -0.2) is 4.98 Å². The second kappa shape index (κ2) is 14.8. The molecule has 0 unspecified atom stereocenters. The van der Waals surface area contributed by atoms with E-state index >= 15 is 0 Å². The third kappa shape index (κ3) is 5.94. The van der Waals surface area contributed by atoms with E-state index in [0.717, 1.165) is 61.7 Å². The highest BCUT2D eigenvalue weighted by molar-refractivity contribution is 6.23. The summed E-state index contributed by atoms with van der Waals surface area (Å²) >= 11 is 0. The van der Waals surface area contributed by atoms with E-state index in [4.69, 9.17) is 4.98 Å². The SMILES string of the molecule is c1ccc(-c2cc(-c3cccc(-c4ccc(-n5c6ccccc6c6ccc7c8ccccc8n(-c8ccccc8)c7c65)cc4)c3)nc(-c3ccccc3-c3ccccc3)c2)cc1. The van der Waals surface area contributed by atoms with Gasteiger partial charge >= 0.3 is 0 Å². The Morgan fingerprint density at radius 3 is 1.37 bits per heavy atom. The van der Waals surface area contributed by atoms with Crippen LogP contribution in [0.3, 0.4) is 0 Å². The van der Waals surface area contributed by atoms with Crippen LogP contribution >= 0.6 is 0 Å². The van der Waals surface area contributed by atoms with E-state index in [-0.39, 0.29) is 0 Å². The van der Waals surface area contributed by atoms with Crippen molar-refractivity contribution >= 4 is 43.6 Å². The lowest BCUT2D eigenvalue weighted by Crippen LogP contribution is -1.98. The van der Waals surface area contributed by atoms with Crippen LogP contribution in [0.1, 0.15) is 0 Å². The molecule has 0 aliphatic carbocycles. The number of nitrogens with zero attached hydrogens (tertiary/aromatic N) is 3. The van der Waals surface area contributed by atoms with Crippen molar-refractivity contribution in [3.8, 4) is 67.3 Å². The average molecular weight is 790 g/mol. The average Bonchev–Trinajstić information content (AvgIpc) is 3.88. The van der Waals surface area contributed by atoms with Gasteiger partial charge in [-0.3, -0.25) is 0 Å². The van der Waals surface area contributed by atoms with Crippen LogP contribution in [0.5, 0.6) is 0 Å². The molecule has 12 aromatic rings. The quantitative estimate of drug-likeness (QED) is 0.158. The van der Waals surface area contributed by atoms with Crippen LogP contribution < -0.4 is 0 Å². The number of rotatable bonds is 7. The van der Waals surface area contributed by atoms with E-state index in [1.54, 1.807) is 0 Å². The molecule has 0 fully saturated rings. The smallest absolute Gasteiger partial charge is 0.0788 e. The highest BCUT2D eigenvalue weighted by Crippen LogP contribution is 2.42. The van der Waals surface area contributed by atoms with Crippen molar-refractivity contribution in [1.29, 1.82) is 0 Å². The van der Waals surface area contributed by atoms with Gasteiger partial charge in [0.15, 0.2) is 0 Å². The number of hydrogen-bond donors (Lipinski definition) is 0. The molecule has 0 atom stereocenters. The summed E-state index contributed by atoms with van der Waals surface area (Å²) in [6, 6.07) is 85.0. The highest BCUT2D eigenvalue weighted by atomic mass is 15.0. The van der Waals surface area contributed by atoms with Crippen LogP contribution in [0.2, 0.25) is 0 Å². The molecular formula is C59H39N3. The number of para-hydroxylation sites is 3. The Labute approximate surface area is 360 Å². The molecule has 0 spiro atoms. The van der Waals surface area contributed by atoms with Crippen molar-refractivity contribution in [2.45, 2.75) is 0 Å². The lowest BCUT2D eigenvalue weighted by molar-refractivity contribution is 1.15. The molecule has 0 aliphatic heterocycles. The van der Waals surface area contributed by atoms with Crippen LogP contribution in [0.4, 0.5) is 0 Å². The molecule has 3 aromatic heterocycles. The normalized spacial score (nSPS) is 11.5. The zero-order chi connectivity index (χ0) is 41.0. The van der Waals surface area contributed by atoms with E-state index in [1.165, 1.54) is 49.2 Å². The summed E-state index contributed by atoms with van der Waals surface area (Å²) in [5.74, 6) is 0. The maximum atomic E-state index is 5.39. The van der Waals surface area contributed by atoms with Gasteiger partial charge in [0.1, 0.15) is 0 Å². The van der Waals surface area contributed by atoms with Crippen molar-refractivity contribution in [3.05, 3.63) is 237 Å². The number of benzene rings is 9. The zero-order valence-electron chi connectivity index (χ0n) is 33.9. The third-order valence-electron chi connectivity index (χ3n) is 12.3. The van der Waals surface area contributed by atoms with Crippen LogP contribution in [0.15, 0.2) is 237 Å². The van der Waals surface area contributed by atoms with E-state index < -0.39 is 0 Å². The highest BCUT2D eigenvalue weighted by Gasteiger charge is 2.21. The van der Waals surface area contributed by atoms with Gasteiger partial charge in [-0.1, -0.05) is 182 Å². The fourth-order valence-corrected chi connectivity index (χ4v) is 9.46. The number of aromatic nitrogens is 3. The van der Waals surface area contributed by atoms with Gasteiger partial charge in [-0.2, -0.15) is 0 Å². The number of fused-ring (bicyclic) bond motifs is 7. The summed E-state index contributed by atoms with van der Waals surface area (Å²) in [6.45, 7) is 0. The molecule has 9 aromatic carbocycles. The first kappa shape index (κ1) is 35.7. The molecule has 0 aliphatic rings. The first-order valence-corrected chi connectivity index (χ1v) is 21.2. The van der Waals surface area contributed by atoms with E-state index in [2.05, 4.69) is 246 Å². The van der Waals surface area contributed by atoms with E-state index in [1.807, 2.05) is 0 Å². The molecule has 0 N–H and O–H groups in total. The standard InChI is InChI=1S/C59H39N3/c1-4-17-40(18-5-1)45-38-54(60-55(39-45)49-26-11-10-25-48(49)42-19-6-2-7-20-42)44-22-16-21-43(37-44)41-31-33-47(34-32-41)62-57-30-15-13-28-51(57)53-36-35-52-50-27-12-14-29-56(50)61(58(52)59(53)62)46-23-8-3-9-24-46/h1-39H. The van der Waals surface area contributed by atoms with Crippen molar-refractivity contribution in [1.82, 2.24) is 14.1 Å². The molecule has 0 amide bonds. The third-order valence-corrected chi connectivity index (χ3v) is 12.3. The van der Waals surface area contributed by atoms with E-state index in [0.29, 0.717) is 0 Å². The maximum Gasteiger partial charge on any atom is 0.0788 e. The van der Waals surface area contributed by atoms with Crippen LogP contribution in [-0.4, -0.2) is 14.1 Å². The van der Waals surface area contributed by atoms with Gasteiger partial charge < -0.3 is 9.13 Å². The Morgan fingerprint density at radius 1 is 0.258 bits per heavy atom. The number of pyridine rings is 1. The van der Waals surface area contributed by atoms with Crippen molar-refractivity contribution < 1.29 is 0 Å². The van der Waals surface area contributed by atoms with Crippen LogP contribution in [0, 0.1) is 0 Å². The Balaban J connectivity index is 0.995. The Hall–Kier alpha value is -8.27. The van der Waals surface area contributed by atoms with Crippen molar-refractivity contribution in [2.24, 2.45) is 0 Å². The second-order valence-electron chi connectivity index (χ2n) is 15.9. The Morgan fingerprint density at radius 2 is 0.726 bits per heavy atom. The predicted molar refractivity (Wildman–Crippen MR) is 260 cm³/mol. The summed E-state index contributed by atoms with van der Waals surface area (Å²) < 4.78 is 4.90. The lowest BCUT2D eigenvalue weighted by Gasteiger charge is -2.14. The number of hydrogen-bond acceptors (Lipinski definition) is 1. The summed E-state index contributed by atoms with van der Waals surface area (Å²) in [5.41, 5.74) is 18.0. The Kier molecular flexibility index (Phi) is 8.50. The molecule has 0 bridgehead atoms. The monoisotopic (exact) mass is 789 g/mol. The fourth-order valence-electron chi connectivity index (χ4n) is 9.46. The molecule has 0 saturated carbocycles. The molecule has 290 valence electrons. The second-order valence-corrected chi connectivity index (χ2v) is 15.9. The van der Waals surface area contributed by atoms with Crippen LogP contribution in [-0.2, 0) is 0 Å². The molecule has 3 nitrogen and oxygen atoms in total. The topological polar surface area (TPSA) is 22.8 Å². The lowest BCUT2D eigenvalue weighted by atomic mass is 9.94. The van der Waals surface area contributed by atoms with Crippen molar-refractivity contribution in [2.75, 3.05) is 0 Å². The van der Waals surface area contributed by atoms with Crippen molar-refractivity contribution in [3.63, 3.8) is 0 Å². The maximum absolute atomic E-state index is 5.39. The Bertz CT molecular complexity index is 3600. The van der Waals surface area contributed by atoms with E-state index in [9.17, 15) is 0 Å². The van der Waals surface area contributed by atoms with Crippen LogP contribution in [0.25, 0.3) is 111 Å². The molecule has 3 heterocycles. The molecule has 12 rings (SSSR count). The summed E-state index contributed by atoms with van der Waals surface area (Å²) in [6.07, 6.45) is 0. The molecule has 0 saturated heterocycles. The molecule has 3 heteroatoms. The van der Waals surface area contributed by atoms with Gasteiger partial charge in [-0.05, 0) is 88.0 Å². The summed E-state index contributed by atoms with van der Waals surface area (Å²) in [7, 11) is 0. The first-order valence-electron chi connectivity index (χ1n) is 21.2. The largest absolute Gasteiger partial charge is 0.307 e. The predicted octanol–water partition coefficient (Wildman–Crippen LogP) is 15.6. The fraction of sp³-hybridized carbons (Fsp3) is 0. The minimum atomic E-state index is 0.936. The molecule has 62 heavy (non-hydrogen) atoms. The summed E-state index contributed by atoms with van der Waals surface area (Å²) in [5, 5.41) is 4.96. The summed E-state index contributed by atoms with van der Waals surface area (Å²) in [4.78, 5) is 5.39. The zero-order valence-corrected chi connectivity index (χ0v) is 33.9. The van der Waals surface area contributed by atoms with Gasteiger partial charge in [0.05, 0.1) is 33.5 Å². The first-order chi connectivity index (χ1) is 30.8. The van der Waals surface area contributed by atoms with Gasteiger partial charge in [0, 0.05) is 44.0 Å². The van der Waals surface area contributed by atoms with Gasteiger partial charge in [-0.15, -0.1) is 0 Å². The van der Waals surface area contributed by atoms with Gasteiger partial charge in [0.25, 0.3) is 0 Å². The van der Waals surface area contributed by atoms with Gasteiger partial charge in [0.2, 0.25) is 0 Å². The minimum Gasteiger partial charge on any atom is -0.307 e. The molecular weight excluding hydrogens is 751 g/mol. The minimum absolute atomic E-state index is 0.936.